The van der Waals surface area contributed by atoms with Gasteiger partial charge in [0.1, 0.15) is 0 Å². The average molecular weight is 290 g/mol. The number of rotatable bonds is 5. The Morgan fingerprint density at radius 2 is 2.00 bits per heavy atom. The van der Waals surface area contributed by atoms with Crippen LogP contribution in [0.3, 0.4) is 0 Å². The minimum atomic E-state index is 0.325. The SMILES string of the molecule is Cc1ccc(CC(CC2CN(C)CCN2C)NN)cc1C. The van der Waals surface area contributed by atoms with E-state index < -0.39 is 0 Å². The Labute approximate surface area is 129 Å². The molecular weight excluding hydrogens is 260 g/mol. The monoisotopic (exact) mass is 290 g/mol. The van der Waals surface area contributed by atoms with Crippen molar-refractivity contribution < 1.29 is 0 Å². The highest BCUT2D eigenvalue weighted by Crippen LogP contribution is 2.16. The molecule has 1 aliphatic rings. The zero-order chi connectivity index (χ0) is 15.4. The van der Waals surface area contributed by atoms with Gasteiger partial charge in [-0.2, -0.15) is 0 Å². The van der Waals surface area contributed by atoms with Crippen molar-refractivity contribution in [1.29, 1.82) is 0 Å². The number of hydrogen-bond acceptors (Lipinski definition) is 4. The van der Waals surface area contributed by atoms with Crippen LogP contribution in [0.25, 0.3) is 0 Å². The first-order valence-corrected chi connectivity index (χ1v) is 7.90. The number of nitrogens with one attached hydrogen (secondary N) is 1. The van der Waals surface area contributed by atoms with Gasteiger partial charge in [-0.1, -0.05) is 18.2 Å². The Morgan fingerprint density at radius 1 is 1.24 bits per heavy atom. The molecule has 0 saturated carbocycles. The van der Waals surface area contributed by atoms with E-state index in [2.05, 4.69) is 61.4 Å². The summed E-state index contributed by atoms with van der Waals surface area (Å²) < 4.78 is 0. The van der Waals surface area contributed by atoms with E-state index >= 15 is 0 Å². The van der Waals surface area contributed by atoms with Gasteiger partial charge in [-0.05, 0) is 57.5 Å². The molecule has 1 saturated heterocycles. The first-order chi connectivity index (χ1) is 9.99. The lowest BCUT2D eigenvalue weighted by Crippen LogP contribution is -2.53. The van der Waals surface area contributed by atoms with Crippen LogP contribution >= 0.6 is 0 Å². The van der Waals surface area contributed by atoms with Crippen molar-refractivity contribution in [3.8, 4) is 0 Å². The van der Waals surface area contributed by atoms with Crippen molar-refractivity contribution in [2.45, 2.75) is 38.8 Å². The number of hydrazine groups is 1. The number of nitrogens with two attached hydrogens (primary N) is 1. The van der Waals surface area contributed by atoms with Crippen LogP contribution < -0.4 is 11.3 Å². The fraction of sp³-hybridized carbons (Fsp3) is 0.647. The second kappa shape index (κ2) is 7.36. The van der Waals surface area contributed by atoms with Gasteiger partial charge in [0.25, 0.3) is 0 Å². The molecule has 4 nitrogen and oxygen atoms in total. The summed E-state index contributed by atoms with van der Waals surface area (Å²) in [5.74, 6) is 5.80. The fourth-order valence-electron chi connectivity index (χ4n) is 3.11. The summed E-state index contributed by atoms with van der Waals surface area (Å²) in [6.45, 7) is 7.76. The van der Waals surface area contributed by atoms with Crippen LogP contribution in [0.5, 0.6) is 0 Å². The van der Waals surface area contributed by atoms with Crippen molar-refractivity contribution in [3.05, 3.63) is 34.9 Å². The van der Waals surface area contributed by atoms with Crippen LogP contribution in [-0.4, -0.2) is 55.6 Å². The highest BCUT2D eigenvalue weighted by atomic mass is 15.3. The van der Waals surface area contributed by atoms with Gasteiger partial charge in [0.05, 0.1) is 0 Å². The van der Waals surface area contributed by atoms with Crippen molar-refractivity contribution in [2.24, 2.45) is 5.84 Å². The molecule has 3 N–H and O–H groups in total. The maximum absolute atomic E-state index is 5.80. The van der Waals surface area contributed by atoms with Gasteiger partial charge in [0.2, 0.25) is 0 Å². The van der Waals surface area contributed by atoms with E-state index in [-0.39, 0.29) is 0 Å². The Kier molecular flexibility index (Phi) is 5.76. The molecular formula is C17H30N4. The van der Waals surface area contributed by atoms with E-state index in [1.807, 2.05) is 0 Å². The Hall–Kier alpha value is -0.940. The predicted molar refractivity (Wildman–Crippen MR) is 89.3 cm³/mol. The maximum Gasteiger partial charge on any atom is 0.0266 e. The van der Waals surface area contributed by atoms with Crippen LogP contribution in [0.15, 0.2) is 18.2 Å². The molecule has 21 heavy (non-hydrogen) atoms. The van der Waals surface area contributed by atoms with Crippen molar-refractivity contribution in [3.63, 3.8) is 0 Å². The Morgan fingerprint density at radius 3 is 2.67 bits per heavy atom. The van der Waals surface area contributed by atoms with Gasteiger partial charge in [-0.15, -0.1) is 0 Å². The van der Waals surface area contributed by atoms with E-state index in [9.17, 15) is 0 Å². The number of hydrogen-bond donors (Lipinski definition) is 2. The normalized spacial score (nSPS) is 22.4. The molecule has 2 unspecified atom stereocenters. The summed E-state index contributed by atoms with van der Waals surface area (Å²) in [6.07, 6.45) is 2.08. The third-order valence-corrected chi connectivity index (χ3v) is 4.83. The van der Waals surface area contributed by atoms with Crippen molar-refractivity contribution in [2.75, 3.05) is 33.7 Å². The molecule has 118 valence electrons. The molecule has 2 rings (SSSR count). The summed E-state index contributed by atoms with van der Waals surface area (Å²) >= 11 is 0. The largest absolute Gasteiger partial charge is 0.304 e. The van der Waals surface area contributed by atoms with E-state index in [0.717, 1.165) is 32.5 Å². The molecule has 4 heteroatoms. The molecule has 1 fully saturated rings. The molecule has 1 aliphatic heterocycles. The van der Waals surface area contributed by atoms with Gasteiger partial charge in [-0.3, -0.25) is 11.3 Å². The first kappa shape index (κ1) is 16.4. The molecule has 0 spiro atoms. The van der Waals surface area contributed by atoms with Gasteiger partial charge < -0.3 is 9.80 Å². The molecule has 1 aromatic carbocycles. The number of benzene rings is 1. The molecule has 0 aromatic heterocycles. The minimum Gasteiger partial charge on any atom is -0.304 e. The molecule has 2 atom stereocenters. The minimum absolute atomic E-state index is 0.325. The quantitative estimate of drug-likeness (QED) is 0.634. The molecule has 1 heterocycles. The molecule has 0 amide bonds. The fourth-order valence-corrected chi connectivity index (χ4v) is 3.11. The van der Waals surface area contributed by atoms with E-state index in [4.69, 9.17) is 5.84 Å². The lowest BCUT2D eigenvalue weighted by Gasteiger charge is -2.39. The first-order valence-electron chi connectivity index (χ1n) is 7.90. The average Bonchev–Trinajstić information content (AvgIpc) is 2.46. The maximum atomic E-state index is 5.80. The van der Waals surface area contributed by atoms with Crippen LogP contribution in [0.4, 0.5) is 0 Å². The molecule has 0 aliphatic carbocycles. The Balaban J connectivity index is 1.97. The third kappa shape index (κ3) is 4.51. The molecule has 0 radical (unpaired) electrons. The summed E-state index contributed by atoms with van der Waals surface area (Å²) in [4.78, 5) is 4.87. The number of piperazine rings is 1. The van der Waals surface area contributed by atoms with Crippen LogP contribution in [0, 0.1) is 13.8 Å². The van der Waals surface area contributed by atoms with Crippen molar-refractivity contribution in [1.82, 2.24) is 15.2 Å². The number of nitrogens with zero attached hydrogens (tertiary/aromatic N) is 2. The van der Waals surface area contributed by atoms with E-state index in [0.29, 0.717) is 12.1 Å². The number of aryl methyl sites for hydroxylation is 2. The Bertz CT molecular complexity index is 460. The highest BCUT2D eigenvalue weighted by molar-refractivity contribution is 5.30. The standard InChI is InChI=1S/C17H30N4/c1-13-5-6-15(9-14(13)2)10-16(19-18)11-17-12-20(3)7-8-21(17)4/h5-6,9,16-17,19H,7-8,10-12,18H2,1-4H3. The van der Waals surface area contributed by atoms with Gasteiger partial charge in [-0.25, -0.2) is 0 Å². The number of likely N-dealkylation sites (N-methyl/N-ethyl adjacent to an activating group) is 2. The summed E-state index contributed by atoms with van der Waals surface area (Å²) in [5.41, 5.74) is 7.10. The van der Waals surface area contributed by atoms with Gasteiger partial charge >= 0.3 is 0 Å². The second-order valence-corrected chi connectivity index (χ2v) is 6.62. The third-order valence-electron chi connectivity index (χ3n) is 4.83. The van der Waals surface area contributed by atoms with Crippen molar-refractivity contribution >= 4 is 0 Å². The highest BCUT2D eigenvalue weighted by Gasteiger charge is 2.25. The predicted octanol–water partition coefficient (Wildman–Crippen LogP) is 1.31. The van der Waals surface area contributed by atoms with Crippen LogP contribution in [0.2, 0.25) is 0 Å². The molecule has 0 bridgehead atoms. The lowest BCUT2D eigenvalue weighted by atomic mass is 9.96. The second-order valence-electron chi connectivity index (χ2n) is 6.62. The molecule has 1 aromatic rings. The van der Waals surface area contributed by atoms with E-state index in [1.165, 1.54) is 16.7 Å². The summed E-state index contributed by atoms with van der Waals surface area (Å²) in [7, 11) is 4.43. The van der Waals surface area contributed by atoms with E-state index in [1.54, 1.807) is 0 Å². The smallest absolute Gasteiger partial charge is 0.0266 e. The lowest BCUT2D eigenvalue weighted by molar-refractivity contribution is 0.101. The topological polar surface area (TPSA) is 44.5 Å². The zero-order valence-corrected chi connectivity index (χ0v) is 13.9. The van der Waals surface area contributed by atoms with Crippen LogP contribution in [0.1, 0.15) is 23.1 Å². The van der Waals surface area contributed by atoms with Gasteiger partial charge in [0.15, 0.2) is 0 Å². The summed E-state index contributed by atoms with van der Waals surface area (Å²) in [5, 5.41) is 0. The summed E-state index contributed by atoms with van der Waals surface area (Å²) in [6, 6.07) is 7.63. The zero-order valence-electron chi connectivity index (χ0n) is 13.9. The van der Waals surface area contributed by atoms with Crippen LogP contribution in [-0.2, 0) is 6.42 Å². The van der Waals surface area contributed by atoms with Gasteiger partial charge in [0, 0.05) is 31.7 Å².